The molecule has 0 aliphatic heterocycles. The summed E-state index contributed by atoms with van der Waals surface area (Å²) in [5.74, 6) is 0.223. The van der Waals surface area contributed by atoms with Crippen molar-refractivity contribution >= 4 is 5.91 Å². The molecule has 0 radical (unpaired) electrons. The van der Waals surface area contributed by atoms with Crippen molar-refractivity contribution in [1.29, 1.82) is 0 Å². The summed E-state index contributed by atoms with van der Waals surface area (Å²) in [5.41, 5.74) is 3.64. The van der Waals surface area contributed by atoms with Crippen LogP contribution in [0.5, 0.6) is 0 Å². The highest BCUT2D eigenvalue weighted by Crippen LogP contribution is 2.09. The maximum absolute atomic E-state index is 12.8. The van der Waals surface area contributed by atoms with Gasteiger partial charge >= 0.3 is 0 Å². The Bertz CT molecular complexity index is 652. The fourth-order valence-electron chi connectivity index (χ4n) is 2.91. The number of amides is 1. The van der Waals surface area contributed by atoms with Crippen LogP contribution in [0.4, 0.5) is 0 Å². The maximum atomic E-state index is 12.8. The molecule has 0 N–H and O–H groups in total. The molecule has 25 heavy (non-hydrogen) atoms. The summed E-state index contributed by atoms with van der Waals surface area (Å²) < 4.78 is 0. The number of carbonyl (C=O) groups is 1. The van der Waals surface area contributed by atoms with E-state index in [0.29, 0.717) is 6.42 Å². The van der Waals surface area contributed by atoms with Gasteiger partial charge in [0.25, 0.3) is 0 Å². The molecule has 0 aliphatic carbocycles. The first-order valence-corrected chi connectivity index (χ1v) is 9.06. The minimum absolute atomic E-state index is 0.223. The van der Waals surface area contributed by atoms with Crippen LogP contribution in [0.25, 0.3) is 0 Å². The van der Waals surface area contributed by atoms with Crippen molar-refractivity contribution in [1.82, 2.24) is 9.80 Å². The predicted octanol–water partition coefficient (Wildman–Crippen LogP) is 3.56. The number of rotatable bonds is 9. The Morgan fingerprint density at radius 1 is 0.880 bits per heavy atom. The second-order valence-electron chi connectivity index (χ2n) is 6.94. The molecule has 3 heteroatoms. The lowest BCUT2D eigenvalue weighted by molar-refractivity contribution is -0.130. The molecule has 3 nitrogen and oxygen atoms in total. The average molecular weight is 338 g/mol. The first-order valence-electron chi connectivity index (χ1n) is 9.06. The highest BCUT2D eigenvalue weighted by Gasteiger charge is 2.14. The number of benzene rings is 2. The Labute approximate surface area is 152 Å². The van der Waals surface area contributed by atoms with Crippen LogP contribution in [0.2, 0.25) is 0 Å². The van der Waals surface area contributed by atoms with Crippen molar-refractivity contribution < 1.29 is 4.79 Å². The van der Waals surface area contributed by atoms with Crippen LogP contribution in [-0.2, 0) is 17.6 Å². The van der Waals surface area contributed by atoms with Gasteiger partial charge < -0.3 is 9.80 Å². The topological polar surface area (TPSA) is 23.6 Å². The van der Waals surface area contributed by atoms with Gasteiger partial charge in [-0.3, -0.25) is 4.79 Å². The molecule has 2 aromatic carbocycles. The first-order chi connectivity index (χ1) is 12.0. The summed E-state index contributed by atoms with van der Waals surface area (Å²) in [6, 6.07) is 18.7. The third kappa shape index (κ3) is 7.10. The van der Waals surface area contributed by atoms with Gasteiger partial charge in [0.05, 0.1) is 6.42 Å². The van der Waals surface area contributed by atoms with Gasteiger partial charge in [0.2, 0.25) is 5.91 Å². The number of likely N-dealkylation sites (N-methyl/N-ethyl adjacent to an activating group) is 1. The minimum atomic E-state index is 0.223. The van der Waals surface area contributed by atoms with Gasteiger partial charge in [-0.1, -0.05) is 60.2 Å². The van der Waals surface area contributed by atoms with Crippen LogP contribution in [0.15, 0.2) is 54.6 Å². The number of nitrogens with zero attached hydrogens (tertiary/aromatic N) is 2. The summed E-state index contributed by atoms with van der Waals surface area (Å²) in [6.07, 6.45) is 2.49. The van der Waals surface area contributed by atoms with E-state index in [1.165, 1.54) is 11.1 Å². The highest BCUT2D eigenvalue weighted by molar-refractivity contribution is 5.78. The van der Waals surface area contributed by atoms with E-state index in [0.717, 1.165) is 38.0 Å². The van der Waals surface area contributed by atoms with E-state index in [4.69, 9.17) is 0 Å². The van der Waals surface area contributed by atoms with Gasteiger partial charge in [-0.2, -0.15) is 0 Å². The van der Waals surface area contributed by atoms with Gasteiger partial charge in [-0.15, -0.1) is 0 Å². The third-order valence-corrected chi connectivity index (χ3v) is 4.34. The van der Waals surface area contributed by atoms with E-state index < -0.39 is 0 Å². The molecule has 0 aromatic heterocycles. The SMILES string of the molecule is Cc1cccc(CC(=O)N(CCCc2ccccc2)CCN(C)C)c1. The van der Waals surface area contributed by atoms with Crippen molar-refractivity contribution in [2.45, 2.75) is 26.2 Å². The summed E-state index contributed by atoms with van der Waals surface area (Å²) in [7, 11) is 4.10. The molecule has 0 saturated heterocycles. The zero-order valence-corrected chi connectivity index (χ0v) is 15.7. The lowest BCUT2D eigenvalue weighted by Crippen LogP contribution is -2.38. The van der Waals surface area contributed by atoms with Crippen LogP contribution in [0, 0.1) is 6.92 Å². The number of hydrogen-bond donors (Lipinski definition) is 0. The molecule has 134 valence electrons. The van der Waals surface area contributed by atoms with Gasteiger partial charge in [-0.25, -0.2) is 0 Å². The third-order valence-electron chi connectivity index (χ3n) is 4.34. The largest absolute Gasteiger partial charge is 0.341 e. The van der Waals surface area contributed by atoms with E-state index in [1.807, 2.05) is 37.2 Å². The van der Waals surface area contributed by atoms with Crippen molar-refractivity contribution in [2.75, 3.05) is 33.7 Å². The second-order valence-corrected chi connectivity index (χ2v) is 6.94. The summed E-state index contributed by atoms with van der Waals surface area (Å²) in [6.45, 7) is 4.56. The lowest BCUT2D eigenvalue weighted by Gasteiger charge is -2.24. The van der Waals surface area contributed by atoms with Crippen LogP contribution in [0.3, 0.4) is 0 Å². The summed E-state index contributed by atoms with van der Waals surface area (Å²) >= 11 is 0. The minimum Gasteiger partial charge on any atom is -0.341 e. The standard InChI is InChI=1S/C22H30N2O/c1-19-9-7-12-21(17-19)18-22(25)24(16-15-23(2)3)14-8-13-20-10-5-4-6-11-20/h4-7,9-12,17H,8,13-16,18H2,1-3H3. The number of carbonyl (C=O) groups excluding carboxylic acids is 1. The van der Waals surface area contributed by atoms with Crippen molar-refractivity contribution in [3.63, 3.8) is 0 Å². The normalized spacial score (nSPS) is 10.9. The Kier molecular flexibility index (Phi) is 7.68. The Morgan fingerprint density at radius 2 is 1.60 bits per heavy atom. The number of hydrogen-bond acceptors (Lipinski definition) is 2. The molecule has 0 fully saturated rings. The van der Waals surface area contributed by atoms with Crippen LogP contribution in [0.1, 0.15) is 23.1 Å². The van der Waals surface area contributed by atoms with Gasteiger partial charge in [0.15, 0.2) is 0 Å². The Morgan fingerprint density at radius 3 is 2.28 bits per heavy atom. The predicted molar refractivity (Wildman–Crippen MR) is 105 cm³/mol. The Hall–Kier alpha value is -2.13. The molecule has 0 aliphatic rings. The molecule has 2 rings (SSSR count). The summed E-state index contributed by atoms with van der Waals surface area (Å²) in [4.78, 5) is 16.9. The quantitative estimate of drug-likeness (QED) is 0.698. The van der Waals surface area contributed by atoms with E-state index in [-0.39, 0.29) is 5.91 Å². The van der Waals surface area contributed by atoms with Gasteiger partial charge in [0.1, 0.15) is 0 Å². The van der Waals surface area contributed by atoms with Crippen molar-refractivity contribution in [2.24, 2.45) is 0 Å². The molecule has 0 saturated carbocycles. The molecule has 0 atom stereocenters. The molecule has 0 unspecified atom stereocenters. The average Bonchev–Trinajstić information content (AvgIpc) is 2.58. The first kappa shape index (κ1) is 19.2. The zero-order valence-electron chi connectivity index (χ0n) is 15.7. The monoisotopic (exact) mass is 338 g/mol. The van der Waals surface area contributed by atoms with E-state index in [1.54, 1.807) is 0 Å². The molecular weight excluding hydrogens is 308 g/mol. The van der Waals surface area contributed by atoms with Crippen molar-refractivity contribution in [3.8, 4) is 0 Å². The van der Waals surface area contributed by atoms with Crippen LogP contribution in [-0.4, -0.2) is 49.4 Å². The molecule has 0 bridgehead atoms. The van der Waals surface area contributed by atoms with Gasteiger partial charge in [-0.05, 0) is 45.0 Å². The zero-order chi connectivity index (χ0) is 18.1. The van der Waals surface area contributed by atoms with Crippen molar-refractivity contribution in [3.05, 3.63) is 71.3 Å². The van der Waals surface area contributed by atoms with E-state index in [9.17, 15) is 4.79 Å². The molecule has 2 aromatic rings. The fraction of sp³-hybridized carbons (Fsp3) is 0.409. The van der Waals surface area contributed by atoms with Crippen LogP contribution >= 0.6 is 0 Å². The summed E-state index contributed by atoms with van der Waals surface area (Å²) in [5, 5.41) is 0. The van der Waals surface area contributed by atoms with Gasteiger partial charge in [0, 0.05) is 19.6 Å². The Balaban J connectivity index is 1.92. The fourth-order valence-corrected chi connectivity index (χ4v) is 2.91. The van der Waals surface area contributed by atoms with Crippen LogP contribution < -0.4 is 0 Å². The molecule has 1 amide bonds. The molecule has 0 heterocycles. The molecule has 0 spiro atoms. The van der Waals surface area contributed by atoms with E-state index >= 15 is 0 Å². The molecular formula is C22H30N2O. The number of aryl methyl sites for hydroxylation is 2. The smallest absolute Gasteiger partial charge is 0.227 e. The highest BCUT2D eigenvalue weighted by atomic mass is 16.2. The van der Waals surface area contributed by atoms with E-state index in [2.05, 4.69) is 48.2 Å². The second kappa shape index (κ2) is 10.00. The maximum Gasteiger partial charge on any atom is 0.227 e. The lowest BCUT2D eigenvalue weighted by atomic mass is 10.1.